The van der Waals surface area contributed by atoms with Crippen molar-refractivity contribution in [3.8, 4) is 11.5 Å². The first-order valence-electron chi connectivity index (χ1n) is 10.5. The molecule has 0 aliphatic carbocycles. The number of aryl methyl sites for hydroxylation is 1. The third kappa shape index (κ3) is 3.76. The van der Waals surface area contributed by atoms with Crippen LogP contribution < -0.4 is 16.2 Å². The summed E-state index contributed by atoms with van der Waals surface area (Å²) in [4.78, 5) is 28.1. The number of hydrogen-bond acceptors (Lipinski definition) is 7. The number of aromatic nitrogens is 4. The van der Waals surface area contributed by atoms with Gasteiger partial charge in [-0.25, -0.2) is 9.97 Å². The summed E-state index contributed by atoms with van der Waals surface area (Å²) in [5.41, 5.74) is 8.52. The number of nitrogens with zero attached hydrogens (tertiary/aromatic N) is 5. The molecule has 0 bridgehead atoms. The molecule has 1 saturated heterocycles. The molecule has 0 saturated carbocycles. The number of benzene rings is 1. The summed E-state index contributed by atoms with van der Waals surface area (Å²) < 4.78 is 7.41. The predicted molar refractivity (Wildman–Crippen MR) is 120 cm³/mol. The van der Waals surface area contributed by atoms with E-state index < -0.39 is 0 Å². The number of furan rings is 1. The van der Waals surface area contributed by atoms with Crippen molar-refractivity contribution in [2.24, 2.45) is 5.92 Å². The third-order valence-electron chi connectivity index (χ3n) is 5.86. The first kappa shape index (κ1) is 19.3. The van der Waals surface area contributed by atoms with Crippen LogP contribution in [0.5, 0.6) is 0 Å². The number of nitrogens with two attached hydrogens (primary N) is 1. The highest BCUT2D eigenvalue weighted by Crippen LogP contribution is 2.28. The van der Waals surface area contributed by atoms with Crippen molar-refractivity contribution in [2.75, 3.05) is 23.7 Å². The number of fused-ring (bicyclic) bond motifs is 1. The van der Waals surface area contributed by atoms with E-state index in [1.807, 2.05) is 25.1 Å². The van der Waals surface area contributed by atoms with Gasteiger partial charge in [-0.2, -0.15) is 4.98 Å². The van der Waals surface area contributed by atoms with E-state index in [9.17, 15) is 4.79 Å². The van der Waals surface area contributed by atoms with E-state index in [2.05, 4.69) is 44.1 Å². The van der Waals surface area contributed by atoms with E-state index in [1.165, 1.54) is 11.9 Å². The second kappa shape index (κ2) is 7.86. The Morgan fingerprint density at radius 1 is 1.10 bits per heavy atom. The van der Waals surface area contributed by atoms with Crippen LogP contribution in [-0.2, 0) is 6.54 Å². The molecule has 2 N–H and O–H groups in total. The number of hydrogen-bond donors (Lipinski definition) is 1. The van der Waals surface area contributed by atoms with Gasteiger partial charge >= 0.3 is 0 Å². The van der Waals surface area contributed by atoms with E-state index >= 15 is 0 Å². The van der Waals surface area contributed by atoms with Crippen LogP contribution in [0.25, 0.3) is 22.6 Å². The van der Waals surface area contributed by atoms with Gasteiger partial charge in [0, 0.05) is 25.3 Å². The van der Waals surface area contributed by atoms with E-state index in [0.717, 1.165) is 31.7 Å². The van der Waals surface area contributed by atoms with E-state index in [4.69, 9.17) is 10.2 Å². The van der Waals surface area contributed by atoms with Crippen LogP contribution >= 0.6 is 0 Å². The zero-order chi connectivity index (χ0) is 21.4. The number of para-hydroxylation sites is 1. The second-order valence-corrected chi connectivity index (χ2v) is 7.99. The molecule has 1 fully saturated rings. The lowest BCUT2D eigenvalue weighted by molar-refractivity contribution is 0.356. The number of nitrogen functional groups attached to an aromatic ring is 1. The van der Waals surface area contributed by atoms with Crippen molar-refractivity contribution in [3.05, 3.63) is 64.8 Å². The third-order valence-corrected chi connectivity index (χ3v) is 5.86. The van der Waals surface area contributed by atoms with Crippen LogP contribution in [0, 0.1) is 12.8 Å². The van der Waals surface area contributed by atoms with Gasteiger partial charge in [-0.3, -0.25) is 9.36 Å². The average Bonchev–Trinajstić information content (AvgIpc) is 3.22. The maximum atomic E-state index is 12.7. The van der Waals surface area contributed by atoms with E-state index in [-0.39, 0.29) is 11.5 Å². The molecule has 1 aliphatic heterocycles. The normalized spacial score (nSPS) is 14.9. The summed E-state index contributed by atoms with van der Waals surface area (Å²) in [5, 5.41) is 0. The SMILES string of the molecule is Cc1ccc(-c2nc(N)nc3c2ncc(=O)n3CC2CCN(c3ccccc3)CC2)o1. The number of rotatable bonds is 4. The molecule has 0 atom stereocenters. The molecular formula is C23H24N6O2. The van der Waals surface area contributed by atoms with Gasteiger partial charge in [-0.1, -0.05) is 18.2 Å². The Kier molecular flexibility index (Phi) is 4.89. The van der Waals surface area contributed by atoms with Gasteiger partial charge in [-0.15, -0.1) is 0 Å². The van der Waals surface area contributed by atoms with Crippen molar-refractivity contribution >= 4 is 22.8 Å². The lowest BCUT2D eigenvalue weighted by atomic mass is 9.96. The minimum Gasteiger partial charge on any atom is -0.460 e. The molecule has 1 aliphatic rings. The first-order valence-corrected chi connectivity index (χ1v) is 10.5. The van der Waals surface area contributed by atoms with Crippen LogP contribution in [0.1, 0.15) is 18.6 Å². The van der Waals surface area contributed by atoms with Gasteiger partial charge in [-0.05, 0) is 49.9 Å². The van der Waals surface area contributed by atoms with E-state index in [0.29, 0.717) is 35.1 Å². The summed E-state index contributed by atoms with van der Waals surface area (Å²) in [6, 6.07) is 14.1. The molecular weight excluding hydrogens is 392 g/mol. The molecule has 31 heavy (non-hydrogen) atoms. The van der Waals surface area contributed by atoms with Crippen LogP contribution in [0.3, 0.4) is 0 Å². The Morgan fingerprint density at radius 2 is 1.87 bits per heavy atom. The fraction of sp³-hybridized carbons (Fsp3) is 0.304. The molecule has 8 heteroatoms. The van der Waals surface area contributed by atoms with Crippen molar-refractivity contribution in [2.45, 2.75) is 26.3 Å². The highest BCUT2D eigenvalue weighted by Gasteiger charge is 2.23. The maximum absolute atomic E-state index is 12.7. The van der Waals surface area contributed by atoms with Crippen molar-refractivity contribution in [3.63, 3.8) is 0 Å². The molecule has 4 aromatic rings. The average molecular weight is 416 g/mol. The summed E-state index contributed by atoms with van der Waals surface area (Å²) in [5.74, 6) is 1.79. The van der Waals surface area contributed by atoms with Crippen molar-refractivity contribution in [1.82, 2.24) is 19.5 Å². The summed E-state index contributed by atoms with van der Waals surface area (Å²) in [6.07, 6.45) is 3.33. The summed E-state index contributed by atoms with van der Waals surface area (Å²) in [7, 11) is 0. The van der Waals surface area contributed by atoms with Crippen LogP contribution in [0.2, 0.25) is 0 Å². The topological polar surface area (TPSA) is 103 Å². The van der Waals surface area contributed by atoms with Crippen LogP contribution in [0.4, 0.5) is 11.6 Å². The largest absolute Gasteiger partial charge is 0.460 e. The molecule has 158 valence electrons. The van der Waals surface area contributed by atoms with Crippen molar-refractivity contribution in [1.29, 1.82) is 0 Å². The molecule has 0 spiro atoms. The Balaban J connectivity index is 1.45. The number of piperidine rings is 1. The van der Waals surface area contributed by atoms with Crippen molar-refractivity contribution < 1.29 is 4.42 Å². The Labute approximate surface area is 179 Å². The van der Waals surface area contributed by atoms with Crippen LogP contribution in [0.15, 0.2) is 57.9 Å². The Morgan fingerprint density at radius 3 is 2.58 bits per heavy atom. The van der Waals surface area contributed by atoms with Gasteiger partial charge in [0.25, 0.3) is 5.56 Å². The molecule has 5 rings (SSSR count). The highest BCUT2D eigenvalue weighted by atomic mass is 16.3. The molecule has 3 aromatic heterocycles. The lowest BCUT2D eigenvalue weighted by Gasteiger charge is -2.34. The summed E-state index contributed by atoms with van der Waals surface area (Å²) >= 11 is 0. The Bertz CT molecular complexity index is 1270. The number of anilines is 2. The first-order chi connectivity index (χ1) is 15.1. The zero-order valence-electron chi connectivity index (χ0n) is 17.4. The summed E-state index contributed by atoms with van der Waals surface area (Å²) in [6.45, 7) is 4.36. The predicted octanol–water partition coefficient (Wildman–Crippen LogP) is 3.25. The minimum atomic E-state index is -0.183. The quantitative estimate of drug-likeness (QED) is 0.545. The van der Waals surface area contributed by atoms with Gasteiger partial charge in [0.1, 0.15) is 17.0 Å². The molecule has 0 amide bonds. The molecule has 1 aromatic carbocycles. The fourth-order valence-electron chi connectivity index (χ4n) is 4.24. The minimum absolute atomic E-state index is 0.0941. The second-order valence-electron chi connectivity index (χ2n) is 7.99. The molecule has 0 radical (unpaired) electrons. The van der Waals surface area contributed by atoms with Gasteiger partial charge in [0.15, 0.2) is 11.4 Å². The van der Waals surface area contributed by atoms with Gasteiger partial charge in [0.2, 0.25) is 5.95 Å². The standard InChI is InChI=1S/C23H24N6O2/c1-15-7-8-18(31-15)20-21-22(27-23(24)26-20)29(19(30)13-25-21)14-16-9-11-28(12-10-16)17-5-3-2-4-6-17/h2-8,13,16H,9-12,14H2,1H3,(H2,24,26,27). The lowest BCUT2D eigenvalue weighted by Crippen LogP contribution is -2.36. The monoisotopic (exact) mass is 416 g/mol. The van der Waals surface area contributed by atoms with E-state index in [1.54, 1.807) is 4.57 Å². The molecule has 8 nitrogen and oxygen atoms in total. The van der Waals surface area contributed by atoms with Crippen LogP contribution in [-0.4, -0.2) is 32.6 Å². The Hall–Kier alpha value is -3.68. The molecule has 0 unspecified atom stereocenters. The smallest absolute Gasteiger partial charge is 0.270 e. The van der Waals surface area contributed by atoms with Gasteiger partial charge in [0.05, 0.1) is 6.20 Å². The molecule has 4 heterocycles. The maximum Gasteiger partial charge on any atom is 0.270 e. The highest BCUT2D eigenvalue weighted by molar-refractivity contribution is 5.86. The zero-order valence-corrected chi connectivity index (χ0v) is 17.4. The van der Waals surface area contributed by atoms with Gasteiger partial charge < -0.3 is 15.1 Å². The fourth-order valence-corrected chi connectivity index (χ4v) is 4.24.